The Labute approximate surface area is 93.0 Å². The van der Waals surface area contributed by atoms with Crippen LogP contribution in [0.4, 0.5) is 4.39 Å². The number of fused-ring (bicyclic) bond motifs is 1. The first-order chi connectivity index (χ1) is 7.75. The average Bonchev–Trinajstić information content (AvgIpc) is 2.85. The highest BCUT2D eigenvalue weighted by atomic mass is 19.1. The number of H-pyrrole nitrogens is 1. The number of rotatable bonds is 1. The number of benzene rings is 1. The monoisotopic (exact) mass is 219 g/mol. The van der Waals surface area contributed by atoms with E-state index in [2.05, 4.69) is 21.6 Å². The number of halogens is 1. The Morgan fingerprint density at radius 2 is 2.25 bits per heavy atom. The molecule has 1 aromatic heterocycles. The maximum atomic E-state index is 13.7. The van der Waals surface area contributed by atoms with Gasteiger partial charge in [-0.3, -0.25) is 5.10 Å². The quantitative estimate of drug-likeness (QED) is 0.769. The molecule has 2 heterocycles. The highest BCUT2D eigenvalue weighted by Crippen LogP contribution is 2.30. The Bertz CT molecular complexity index is 520. The van der Waals surface area contributed by atoms with E-state index in [0.717, 1.165) is 28.6 Å². The fourth-order valence-corrected chi connectivity index (χ4v) is 2.47. The molecule has 4 heteroatoms. The third-order valence-electron chi connectivity index (χ3n) is 3.37. The maximum Gasteiger partial charge on any atom is 0.121 e. The molecule has 0 amide bonds. The van der Waals surface area contributed by atoms with Crippen LogP contribution in [0.3, 0.4) is 0 Å². The van der Waals surface area contributed by atoms with Crippen molar-refractivity contribution in [2.24, 2.45) is 0 Å². The van der Waals surface area contributed by atoms with Gasteiger partial charge in [0.15, 0.2) is 0 Å². The van der Waals surface area contributed by atoms with Crippen LogP contribution in [-0.4, -0.2) is 29.5 Å². The highest BCUT2D eigenvalue weighted by Gasteiger charge is 2.29. The van der Waals surface area contributed by atoms with Crippen LogP contribution >= 0.6 is 0 Å². The van der Waals surface area contributed by atoms with E-state index < -0.39 is 6.17 Å². The molecule has 0 spiro atoms. The maximum absolute atomic E-state index is 13.7. The van der Waals surface area contributed by atoms with Crippen LogP contribution in [0.1, 0.15) is 17.0 Å². The van der Waals surface area contributed by atoms with Gasteiger partial charge in [-0.25, -0.2) is 4.39 Å². The van der Waals surface area contributed by atoms with Crippen molar-refractivity contribution < 1.29 is 4.39 Å². The zero-order chi connectivity index (χ0) is 11.1. The lowest BCUT2D eigenvalue weighted by Gasteiger charge is -2.15. The van der Waals surface area contributed by atoms with Crippen molar-refractivity contribution in [3.63, 3.8) is 0 Å². The van der Waals surface area contributed by atoms with Crippen molar-refractivity contribution in [3.8, 4) is 0 Å². The molecule has 2 aromatic rings. The van der Waals surface area contributed by atoms with E-state index in [9.17, 15) is 4.39 Å². The summed E-state index contributed by atoms with van der Waals surface area (Å²) < 4.78 is 13.7. The zero-order valence-corrected chi connectivity index (χ0v) is 9.13. The van der Waals surface area contributed by atoms with Gasteiger partial charge in [0.25, 0.3) is 0 Å². The van der Waals surface area contributed by atoms with Gasteiger partial charge in [-0.2, -0.15) is 5.10 Å². The first-order valence-electron chi connectivity index (χ1n) is 5.54. The second-order valence-corrected chi connectivity index (χ2v) is 4.45. The summed E-state index contributed by atoms with van der Waals surface area (Å²) in [6.07, 6.45) is 1.02. The summed E-state index contributed by atoms with van der Waals surface area (Å²) in [5.41, 5.74) is 3.22. The third-order valence-corrected chi connectivity index (χ3v) is 3.37. The molecule has 0 bridgehead atoms. The van der Waals surface area contributed by atoms with Gasteiger partial charge >= 0.3 is 0 Å². The van der Waals surface area contributed by atoms with Crippen LogP contribution in [-0.2, 0) is 0 Å². The van der Waals surface area contributed by atoms with Crippen molar-refractivity contribution in [1.82, 2.24) is 15.5 Å². The number of alkyl halides is 1. The minimum Gasteiger partial charge on any atom is -0.313 e. The Morgan fingerprint density at radius 3 is 3.00 bits per heavy atom. The highest BCUT2D eigenvalue weighted by molar-refractivity contribution is 5.79. The predicted molar refractivity (Wildman–Crippen MR) is 61.3 cm³/mol. The van der Waals surface area contributed by atoms with Crippen LogP contribution in [0, 0.1) is 6.92 Å². The molecule has 2 atom stereocenters. The molecule has 0 saturated carbocycles. The molecule has 0 unspecified atom stereocenters. The lowest BCUT2D eigenvalue weighted by molar-refractivity contribution is 0.331. The predicted octanol–water partition coefficient (Wildman–Crippen LogP) is 1.90. The molecule has 0 radical (unpaired) electrons. The van der Waals surface area contributed by atoms with E-state index in [1.807, 2.05) is 13.0 Å². The van der Waals surface area contributed by atoms with E-state index >= 15 is 0 Å². The first kappa shape index (κ1) is 9.78. The summed E-state index contributed by atoms with van der Waals surface area (Å²) in [6, 6.07) is 4.10. The topological polar surface area (TPSA) is 40.7 Å². The normalized spacial score (nSPS) is 25.4. The molecule has 84 valence electrons. The number of nitrogens with zero attached hydrogens (tertiary/aromatic N) is 1. The van der Waals surface area contributed by atoms with Crippen molar-refractivity contribution in [3.05, 3.63) is 29.5 Å². The Morgan fingerprint density at radius 1 is 1.38 bits per heavy atom. The largest absolute Gasteiger partial charge is 0.313 e. The fraction of sp³-hybridized carbons (Fsp3) is 0.417. The number of nitrogens with one attached hydrogen (secondary N) is 2. The molecule has 1 aromatic carbocycles. The molecule has 3 nitrogen and oxygen atoms in total. The van der Waals surface area contributed by atoms with Crippen molar-refractivity contribution in [1.29, 1.82) is 0 Å². The lowest BCUT2D eigenvalue weighted by Crippen LogP contribution is -2.12. The molecule has 2 N–H and O–H groups in total. The molecule has 1 fully saturated rings. The zero-order valence-electron chi connectivity index (χ0n) is 9.13. The number of hydrogen-bond acceptors (Lipinski definition) is 2. The average molecular weight is 219 g/mol. The number of hydrogen-bond donors (Lipinski definition) is 2. The Hall–Kier alpha value is -1.42. The standard InChI is InChI=1S/C12H14FN3/c1-7-2-8-4-15-16-12(8)3-9(7)10-5-14-6-11(10)13/h2-4,10-11,14H,5-6H2,1H3,(H,15,16)/t10-,11-/m0/s1. The fourth-order valence-electron chi connectivity index (χ4n) is 2.47. The summed E-state index contributed by atoms with van der Waals surface area (Å²) in [7, 11) is 0. The van der Waals surface area contributed by atoms with Crippen LogP contribution in [0.25, 0.3) is 10.9 Å². The van der Waals surface area contributed by atoms with E-state index in [1.165, 1.54) is 0 Å². The minimum atomic E-state index is -0.779. The number of aryl methyl sites for hydroxylation is 1. The van der Waals surface area contributed by atoms with Crippen molar-refractivity contribution >= 4 is 10.9 Å². The van der Waals surface area contributed by atoms with Gasteiger partial charge < -0.3 is 5.32 Å². The van der Waals surface area contributed by atoms with Gasteiger partial charge in [0.05, 0.1) is 11.7 Å². The number of aromatic amines is 1. The van der Waals surface area contributed by atoms with Crippen LogP contribution < -0.4 is 5.32 Å². The Balaban J connectivity index is 2.11. The molecule has 1 aliphatic rings. The molecular weight excluding hydrogens is 205 g/mol. The second-order valence-electron chi connectivity index (χ2n) is 4.45. The van der Waals surface area contributed by atoms with Crippen molar-refractivity contribution in [2.75, 3.05) is 13.1 Å². The summed E-state index contributed by atoms with van der Waals surface area (Å²) in [5, 5.41) is 11.1. The lowest BCUT2D eigenvalue weighted by atomic mass is 9.92. The van der Waals surface area contributed by atoms with Gasteiger partial charge in [-0.1, -0.05) is 0 Å². The number of aromatic nitrogens is 2. The van der Waals surface area contributed by atoms with E-state index in [0.29, 0.717) is 6.54 Å². The third kappa shape index (κ3) is 1.41. The molecule has 1 saturated heterocycles. The van der Waals surface area contributed by atoms with Gasteiger partial charge in [-0.15, -0.1) is 0 Å². The van der Waals surface area contributed by atoms with Crippen LogP contribution in [0.2, 0.25) is 0 Å². The second kappa shape index (κ2) is 3.56. The molecule has 0 aliphatic carbocycles. The van der Waals surface area contributed by atoms with Gasteiger partial charge in [0.1, 0.15) is 6.17 Å². The van der Waals surface area contributed by atoms with E-state index in [4.69, 9.17) is 0 Å². The van der Waals surface area contributed by atoms with Crippen molar-refractivity contribution in [2.45, 2.75) is 19.0 Å². The summed E-state index contributed by atoms with van der Waals surface area (Å²) in [4.78, 5) is 0. The van der Waals surface area contributed by atoms with E-state index in [-0.39, 0.29) is 5.92 Å². The smallest absolute Gasteiger partial charge is 0.121 e. The first-order valence-corrected chi connectivity index (χ1v) is 5.54. The van der Waals surface area contributed by atoms with Gasteiger partial charge in [0.2, 0.25) is 0 Å². The molecule has 3 rings (SSSR count). The summed E-state index contributed by atoms with van der Waals surface area (Å²) in [5.74, 6) is -0.0206. The van der Waals surface area contributed by atoms with Crippen LogP contribution in [0.15, 0.2) is 18.3 Å². The van der Waals surface area contributed by atoms with Gasteiger partial charge in [-0.05, 0) is 30.2 Å². The SMILES string of the molecule is Cc1cc2cn[nH]c2cc1[C@@H]1CNC[C@@H]1F. The van der Waals surface area contributed by atoms with Gasteiger partial charge in [0, 0.05) is 24.4 Å². The minimum absolute atomic E-state index is 0.0206. The van der Waals surface area contributed by atoms with E-state index in [1.54, 1.807) is 6.20 Å². The molecular formula is C12H14FN3. The molecule has 16 heavy (non-hydrogen) atoms. The molecule has 1 aliphatic heterocycles. The van der Waals surface area contributed by atoms with Crippen LogP contribution in [0.5, 0.6) is 0 Å². The Kier molecular flexibility index (Phi) is 2.17. The summed E-state index contributed by atoms with van der Waals surface area (Å²) >= 11 is 0. The summed E-state index contributed by atoms with van der Waals surface area (Å²) in [6.45, 7) is 3.22.